The van der Waals surface area contributed by atoms with Gasteiger partial charge in [-0.15, -0.1) is 0 Å². The molecule has 2 unspecified atom stereocenters. The second kappa shape index (κ2) is 7.25. The van der Waals surface area contributed by atoms with Crippen molar-refractivity contribution in [1.82, 2.24) is 5.32 Å². The standard InChI is InChI=1S/C17H19ClN2O/c1-12(14-7-6-8-15(18)11-14)19-13(2)17(21)20-16-9-4-3-5-10-16/h3-13,19H,1-2H3,(H,20,21). The van der Waals surface area contributed by atoms with Crippen LogP contribution in [0.4, 0.5) is 5.69 Å². The first-order valence-electron chi connectivity index (χ1n) is 6.93. The molecule has 0 bridgehead atoms. The topological polar surface area (TPSA) is 41.1 Å². The molecular weight excluding hydrogens is 284 g/mol. The van der Waals surface area contributed by atoms with E-state index in [1.54, 1.807) is 0 Å². The van der Waals surface area contributed by atoms with E-state index in [-0.39, 0.29) is 18.0 Å². The van der Waals surface area contributed by atoms with Crippen LogP contribution in [0.25, 0.3) is 0 Å². The number of benzene rings is 2. The van der Waals surface area contributed by atoms with Gasteiger partial charge in [-0.25, -0.2) is 0 Å². The van der Waals surface area contributed by atoms with Crippen LogP contribution in [-0.2, 0) is 4.79 Å². The quantitative estimate of drug-likeness (QED) is 0.876. The van der Waals surface area contributed by atoms with E-state index in [4.69, 9.17) is 11.6 Å². The number of halogens is 1. The molecule has 0 aromatic heterocycles. The van der Waals surface area contributed by atoms with E-state index in [1.165, 1.54) is 0 Å². The van der Waals surface area contributed by atoms with Crippen molar-refractivity contribution in [3.63, 3.8) is 0 Å². The van der Waals surface area contributed by atoms with E-state index in [2.05, 4.69) is 10.6 Å². The molecule has 0 spiro atoms. The molecule has 2 rings (SSSR count). The third kappa shape index (κ3) is 4.59. The van der Waals surface area contributed by atoms with Crippen molar-refractivity contribution in [2.24, 2.45) is 0 Å². The second-order valence-electron chi connectivity index (χ2n) is 5.02. The Morgan fingerprint density at radius 3 is 2.43 bits per heavy atom. The minimum Gasteiger partial charge on any atom is -0.325 e. The van der Waals surface area contributed by atoms with Gasteiger partial charge in [0.1, 0.15) is 0 Å². The van der Waals surface area contributed by atoms with Gasteiger partial charge >= 0.3 is 0 Å². The zero-order valence-electron chi connectivity index (χ0n) is 12.1. The van der Waals surface area contributed by atoms with Gasteiger partial charge < -0.3 is 5.32 Å². The number of carbonyl (C=O) groups is 1. The lowest BCUT2D eigenvalue weighted by atomic mass is 10.1. The summed E-state index contributed by atoms with van der Waals surface area (Å²) in [4.78, 5) is 12.1. The van der Waals surface area contributed by atoms with E-state index < -0.39 is 0 Å². The van der Waals surface area contributed by atoms with Crippen LogP contribution in [0.2, 0.25) is 5.02 Å². The van der Waals surface area contributed by atoms with Crippen molar-refractivity contribution in [3.8, 4) is 0 Å². The van der Waals surface area contributed by atoms with Crippen molar-refractivity contribution >= 4 is 23.2 Å². The summed E-state index contributed by atoms with van der Waals surface area (Å²) < 4.78 is 0. The summed E-state index contributed by atoms with van der Waals surface area (Å²) in [6.45, 7) is 3.86. The molecule has 1 amide bonds. The minimum atomic E-state index is -0.306. The van der Waals surface area contributed by atoms with Crippen molar-refractivity contribution in [2.75, 3.05) is 5.32 Å². The Labute approximate surface area is 130 Å². The monoisotopic (exact) mass is 302 g/mol. The highest BCUT2D eigenvalue weighted by molar-refractivity contribution is 6.30. The fraction of sp³-hybridized carbons (Fsp3) is 0.235. The molecule has 0 aliphatic carbocycles. The largest absolute Gasteiger partial charge is 0.325 e. The first-order chi connectivity index (χ1) is 10.1. The molecule has 0 aliphatic heterocycles. The highest BCUT2D eigenvalue weighted by Gasteiger charge is 2.16. The Kier molecular flexibility index (Phi) is 5.37. The number of carbonyl (C=O) groups excluding carboxylic acids is 1. The maximum atomic E-state index is 12.1. The molecule has 0 radical (unpaired) electrons. The van der Waals surface area contributed by atoms with E-state index in [0.29, 0.717) is 5.02 Å². The average molecular weight is 303 g/mol. The zero-order valence-corrected chi connectivity index (χ0v) is 12.9. The van der Waals surface area contributed by atoms with Crippen LogP contribution >= 0.6 is 11.6 Å². The fourth-order valence-electron chi connectivity index (χ4n) is 2.09. The second-order valence-corrected chi connectivity index (χ2v) is 5.46. The van der Waals surface area contributed by atoms with Crippen molar-refractivity contribution in [2.45, 2.75) is 25.9 Å². The third-order valence-electron chi connectivity index (χ3n) is 3.28. The molecule has 2 aromatic rings. The van der Waals surface area contributed by atoms with Crippen LogP contribution in [0.15, 0.2) is 54.6 Å². The predicted molar refractivity (Wildman–Crippen MR) is 87.5 cm³/mol. The number of hydrogen-bond donors (Lipinski definition) is 2. The number of hydrogen-bond acceptors (Lipinski definition) is 2. The van der Waals surface area contributed by atoms with Crippen LogP contribution in [0, 0.1) is 0 Å². The molecule has 2 aromatic carbocycles. The lowest BCUT2D eigenvalue weighted by Crippen LogP contribution is -2.39. The molecule has 0 aliphatic rings. The van der Waals surface area contributed by atoms with Gasteiger partial charge in [-0.2, -0.15) is 0 Å². The maximum Gasteiger partial charge on any atom is 0.241 e. The van der Waals surface area contributed by atoms with Gasteiger partial charge in [0.2, 0.25) is 5.91 Å². The smallest absolute Gasteiger partial charge is 0.241 e. The SMILES string of the molecule is CC(NC(C)c1cccc(Cl)c1)C(=O)Nc1ccccc1. The summed E-state index contributed by atoms with van der Waals surface area (Å²) >= 11 is 5.99. The van der Waals surface area contributed by atoms with Gasteiger partial charge in [-0.05, 0) is 43.7 Å². The van der Waals surface area contributed by atoms with Gasteiger partial charge in [0.25, 0.3) is 0 Å². The molecule has 3 nitrogen and oxygen atoms in total. The van der Waals surface area contributed by atoms with E-state index in [1.807, 2.05) is 68.4 Å². The molecule has 2 atom stereocenters. The van der Waals surface area contributed by atoms with Gasteiger partial charge in [0.15, 0.2) is 0 Å². The first-order valence-corrected chi connectivity index (χ1v) is 7.31. The van der Waals surface area contributed by atoms with Crippen LogP contribution in [0.3, 0.4) is 0 Å². The highest BCUT2D eigenvalue weighted by Crippen LogP contribution is 2.18. The lowest BCUT2D eigenvalue weighted by Gasteiger charge is -2.20. The Balaban J connectivity index is 1.94. The predicted octanol–water partition coefficient (Wildman–Crippen LogP) is 4.02. The van der Waals surface area contributed by atoms with Gasteiger partial charge in [0.05, 0.1) is 6.04 Å². The van der Waals surface area contributed by atoms with Crippen LogP contribution < -0.4 is 10.6 Å². The summed E-state index contributed by atoms with van der Waals surface area (Å²) in [5, 5.41) is 6.85. The van der Waals surface area contributed by atoms with Gasteiger partial charge in [-0.1, -0.05) is 41.9 Å². The number of anilines is 1. The molecule has 21 heavy (non-hydrogen) atoms. The molecule has 4 heteroatoms. The zero-order chi connectivity index (χ0) is 15.2. The summed E-state index contributed by atoms with van der Waals surface area (Å²) in [5.74, 6) is -0.0601. The number of para-hydroxylation sites is 1. The van der Waals surface area contributed by atoms with Gasteiger partial charge in [-0.3, -0.25) is 10.1 Å². The molecule has 0 heterocycles. The first kappa shape index (κ1) is 15.5. The fourth-order valence-corrected chi connectivity index (χ4v) is 2.29. The average Bonchev–Trinajstić information content (AvgIpc) is 2.48. The van der Waals surface area contributed by atoms with Crippen molar-refractivity contribution < 1.29 is 4.79 Å². The number of nitrogens with one attached hydrogen (secondary N) is 2. The molecule has 0 fully saturated rings. The number of amides is 1. The number of rotatable bonds is 5. The van der Waals surface area contributed by atoms with E-state index in [9.17, 15) is 4.79 Å². The van der Waals surface area contributed by atoms with Crippen molar-refractivity contribution in [1.29, 1.82) is 0 Å². The lowest BCUT2D eigenvalue weighted by molar-refractivity contribution is -0.117. The Hall–Kier alpha value is -1.84. The Morgan fingerprint density at radius 2 is 1.76 bits per heavy atom. The van der Waals surface area contributed by atoms with Crippen LogP contribution in [-0.4, -0.2) is 11.9 Å². The van der Waals surface area contributed by atoms with Crippen molar-refractivity contribution in [3.05, 3.63) is 65.2 Å². The minimum absolute atomic E-state index is 0.0419. The highest BCUT2D eigenvalue weighted by atomic mass is 35.5. The molecule has 110 valence electrons. The molecular formula is C17H19ClN2O. The summed E-state index contributed by atoms with van der Waals surface area (Å²) in [6.07, 6.45) is 0. The third-order valence-corrected chi connectivity index (χ3v) is 3.52. The normalized spacial score (nSPS) is 13.5. The maximum absolute atomic E-state index is 12.1. The Bertz CT molecular complexity index is 601. The molecule has 0 saturated carbocycles. The van der Waals surface area contributed by atoms with Gasteiger partial charge in [0, 0.05) is 16.8 Å². The molecule has 0 saturated heterocycles. The summed E-state index contributed by atoms with van der Waals surface area (Å²) in [6, 6.07) is 16.8. The van der Waals surface area contributed by atoms with Crippen LogP contribution in [0.1, 0.15) is 25.5 Å². The summed E-state index contributed by atoms with van der Waals surface area (Å²) in [7, 11) is 0. The Morgan fingerprint density at radius 1 is 1.05 bits per heavy atom. The van der Waals surface area contributed by atoms with E-state index in [0.717, 1.165) is 11.3 Å². The van der Waals surface area contributed by atoms with Crippen LogP contribution in [0.5, 0.6) is 0 Å². The molecule has 2 N–H and O–H groups in total. The van der Waals surface area contributed by atoms with E-state index >= 15 is 0 Å². The summed E-state index contributed by atoms with van der Waals surface area (Å²) in [5.41, 5.74) is 1.86.